The van der Waals surface area contributed by atoms with Gasteiger partial charge in [0.25, 0.3) is 11.8 Å². The monoisotopic (exact) mass is 514 g/mol. The molecule has 0 unspecified atom stereocenters. The van der Waals surface area contributed by atoms with E-state index in [2.05, 4.69) is 5.32 Å². The number of urea groups is 1. The van der Waals surface area contributed by atoms with Gasteiger partial charge in [0.05, 0.1) is 10.7 Å². The summed E-state index contributed by atoms with van der Waals surface area (Å²) in [5, 5.41) is 3.44. The van der Waals surface area contributed by atoms with Crippen molar-refractivity contribution in [3.8, 4) is 5.75 Å². The van der Waals surface area contributed by atoms with Crippen molar-refractivity contribution in [3.63, 3.8) is 0 Å². The molecule has 0 bridgehead atoms. The fourth-order valence-electron chi connectivity index (χ4n) is 3.38. The summed E-state index contributed by atoms with van der Waals surface area (Å²) in [6, 6.07) is 16.1. The molecule has 0 aromatic heterocycles. The maximum absolute atomic E-state index is 13.1. The van der Waals surface area contributed by atoms with Crippen LogP contribution < -0.4 is 15.0 Å². The molecule has 6 nitrogen and oxygen atoms in total. The molecule has 1 aliphatic rings. The van der Waals surface area contributed by atoms with Gasteiger partial charge in [0, 0.05) is 15.6 Å². The number of nitrogens with zero attached hydrogens (tertiary/aromatic N) is 1. The molecule has 4 rings (SSSR count). The third kappa shape index (κ3) is 4.80. The highest BCUT2D eigenvalue weighted by Gasteiger charge is 2.37. The second-order valence-electron chi connectivity index (χ2n) is 7.41. The van der Waals surface area contributed by atoms with E-state index >= 15 is 0 Å². The minimum Gasteiger partial charge on any atom is -0.487 e. The molecule has 9 heteroatoms. The quantitative estimate of drug-likeness (QED) is 0.324. The second-order valence-corrected chi connectivity index (χ2v) is 8.63. The van der Waals surface area contributed by atoms with Crippen molar-refractivity contribution in [2.24, 2.45) is 0 Å². The summed E-state index contributed by atoms with van der Waals surface area (Å²) in [5.41, 5.74) is 1.88. The standard InChI is InChI=1S/C25H17Cl3N2O4/c1-14-18(26)7-4-8-21(14)30-24(32)17(23(31)29-25(30)33)11-15-9-10-22(20(28)12-15)34-13-16-5-2-3-6-19(16)27/h2-12H,13H2,1H3,(H,29,31,33)/b17-11+. The summed E-state index contributed by atoms with van der Waals surface area (Å²) < 4.78 is 5.76. The van der Waals surface area contributed by atoms with Crippen LogP contribution in [0, 0.1) is 6.92 Å². The van der Waals surface area contributed by atoms with Gasteiger partial charge in [0.1, 0.15) is 17.9 Å². The lowest BCUT2D eigenvalue weighted by Crippen LogP contribution is -2.54. The second kappa shape index (κ2) is 9.89. The van der Waals surface area contributed by atoms with E-state index in [1.54, 1.807) is 49.4 Å². The van der Waals surface area contributed by atoms with Gasteiger partial charge >= 0.3 is 6.03 Å². The van der Waals surface area contributed by atoms with Crippen molar-refractivity contribution >= 4 is 64.4 Å². The van der Waals surface area contributed by atoms with Crippen LogP contribution in [0.15, 0.2) is 66.2 Å². The third-order valence-corrected chi connectivity index (χ3v) is 6.26. The van der Waals surface area contributed by atoms with E-state index in [1.165, 1.54) is 6.08 Å². The fourth-order valence-corrected chi connectivity index (χ4v) is 3.98. The van der Waals surface area contributed by atoms with Crippen LogP contribution in [0.5, 0.6) is 5.75 Å². The van der Waals surface area contributed by atoms with Crippen molar-refractivity contribution < 1.29 is 19.1 Å². The number of hydrogen-bond donors (Lipinski definition) is 1. The van der Waals surface area contributed by atoms with Crippen molar-refractivity contribution in [1.29, 1.82) is 0 Å². The summed E-state index contributed by atoms with van der Waals surface area (Å²) in [7, 11) is 0. The summed E-state index contributed by atoms with van der Waals surface area (Å²) in [6.45, 7) is 1.90. The average Bonchev–Trinajstić information content (AvgIpc) is 2.79. The van der Waals surface area contributed by atoms with E-state index in [-0.39, 0.29) is 22.9 Å². The van der Waals surface area contributed by atoms with Gasteiger partial charge in [0.2, 0.25) is 0 Å². The molecule has 1 N–H and O–H groups in total. The number of amides is 4. The highest BCUT2D eigenvalue weighted by molar-refractivity contribution is 6.40. The van der Waals surface area contributed by atoms with Gasteiger partial charge in [-0.2, -0.15) is 0 Å². The predicted octanol–water partition coefficient (Wildman–Crippen LogP) is 6.20. The number of barbiturate groups is 1. The largest absolute Gasteiger partial charge is 0.487 e. The zero-order chi connectivity index (χ0) is 24.4. The molecule has 1 heterocycles. The Bertz CT molecular complexity index is 1350. The van der Waals surface area contributed by atoms with Crippen LogP contribution in [0.4, 0.5) is 10.5 Å². The molecule has 0 atom stereocenters. The molecule has 0 saturated carbocycles. The molecule has 4 amide bonds. The molecule has 0 spiro atoms. The van der Waals surface area contributed by atoms with E-state index in [4.69, 9.17) is 39.5 Å². The molecular weight excluding hydrogens is 499 g/mol. The van der Waals surface area contributed by atoms with Gasteiger partial charge in [-0.1, -0.05) is 65.1 Å². The third-order valence-electron chi connectivity index (χ3n) is 5.19. The molecule has 1 aliphatic heterocycles. The normalized spacial score (nSPS) is 15.0. The van der Waals surface area contributed by atoms with E-state index < -0.39 is 17.8 Å². The number of carbonyl (C=O) groups is 3. The SMILES string of the molecule is Cc1c(Cl)cccc1N1C(=O)NC(=O)/C(=C\c2ccc(OCc3ccccc3Cl)c(Cl)c2)C1=O. The molecule has 3 aromatic carbocycles. The number of rotatable bonds is 5. The van der Waals surface area contributed by atoms with Crippen LogP contribution in [0.25, 0.3) is 6.08 Å². The molecule has 172 valence electrons. The molecule has 0 radical (unpaired) electrons. The summed E-state index contributed by atoms with van der Waals surface area (Å²) in [4.78, 5) is 38.9. The first-order chi connectivity index (χ1) is 16.3. The Morgan fingerprint density at radius 1 is 0.912 bits per heavy atom. The minimum atomic E-state index is -0.848. The van der Waals surface area contributed by atoms with Crippen LogP contribution >= 0.6 is 34.8 Å². The molecule has 0 aliphatic carbocycles. The number of ether oxygens (including phenoxy) is 1. The van der Waals surface area contributed by atoms with E-state index in [1.807, 2.05) is 18.2 Å². The van der Waals surface area contributed by atoms with Crippen molar-refractivity contribution in [3.05, 3.63) is 98.0 Å². The predicted molar refractivity (Wildman–Crippen MR) is 132 cm³/mol. The van der Waals surface area contributed by atoms with Crippen molar-refractivity contribution in [1.82, 2.24) is 5.32 Å². The zero-order valence-corrected chi connectivity index (χ0v) is 20.0. The van der Waals surface area contributed by atoms with Gasteiger partial charge in [0.15, 0.2) is 0 Å². The Morgan fingerprint density at radius 3 is 2.38 bits per heavy atom. The Balaban J connectivity index is 1.60. The maximum Gasteiger partial charge on any atom is 0.335 e. The van der Waals surface area contributed by atoms with Crippen LogP contribution in [0.3, 0.4) is 0 Å². The number of carbonyl (C=O) groups excluding carboxylic acids is 3. The summed E-state index contributed by atoms with van der Waals surface area (Å²) in [6.07, 6.45) is 1.36. The number of anilines is 1. The van der Waals surface area contributed by atoms with Crippen molar-refractivity contribution in [2.45, 2.75) is 13.5 Å². The smallest absolute Gasteiger partial charge is 0.335 e. The molecule has 1 fully saturated rings. The highest BCUT2D eigenvalue weighted by Crippen LogP contribution is 2.31. The summed E-state index contributed by atoms with van der Waals surface area (Å²) >= 11 is 18.7. The number of halogens is 3. The molecular formula is C25H17Cl3N2O4. The first-order valence-electron chi connectivity index (χ1n) is 10.1. The lowest BCUT2D eigenvalue weighted by Gasteiger charge is -2.27. The Hall–Kier alpha value is -3.32. The van der Waals surface area contributed by atoms with Crippen LogP contribution in [-0.4, -0.2) is 17.8 Å². The van der Waals surface area contributed by atoms with Crippen LogP contribution in [-0.2, 0) is 16.2 Å². The lowest BCUT2D eigenvalue weighted by molar-refractivity contribution is -0.122. The molecule has 3 aromatic rings. The van der Waals surface area contributed by atoms with Gasteiger partial charge in [-0.15, -0.1) is 0 Å². The van der Waals surface area contributed by atoms with Gasteiger partial charge in [-0.25, -0.2) is 9.69 Å². The average molecular weight is 516 g/mol. The van der Waals surface area contributed by atoms with Gasteiger partial charge in [-0.05, 0) is 54.5 Å². The maximum atomic E-state index is 13.1. The van der Waals surface area contributed by atoms with E-state index in [9.17, 15) is 14.4 Å². The molecule has 1 saturated heterocycles. The topological polar surface area (TPSA) is 75.7 Å². The fraction of sp³-hybridized carbons (Fsp3) is 0.0800. The zero-order valence-electron chi connectivity index (χ0n) is 17.8. The Kier molecular flexibility index (Phi) is 6.93. The number of benzene rings is 3. The van der Waals surface area contributed by atoms with Crippen molar-refractivity contribution in [2.75, 3.05) is 4.90 Å². The van der Waals surface area contributed by atoms with E-state index in [0.29, 0.717) is 26.9 Å². The van der Waals surface area contributed by atoms with E-state index in [0.717, 1.165) is 10.5 Å². The number of nitrogens with one attached hydrogen (secondary N) is 1. The Labute approximate surface area is 210 Å². The Morgan fingerprint density at radius 2 is 1.65 bits per heavy atom. The first kappa shape index (κ1) is 23.8. The van der Waals surface area contributed by atoms with Crippen LogP contribution in [0.1, 0.15) is 16.7 Å². The van der Waals surface area contributed by atoms with Gasteiger partial charge < -0.3 is 4.74 Å². The van der Waals surface area contributed by atoms with Gasteiger partial charge in [-0.3, -0.25) is 14.9 Å². The van der Waals surface area contributed by atoms with Crippen LogP contribution in [0.2, 0.25) is 15.1 Å². The highest BCUT2D eigenvalue weighted by atomic mass is 35.5. The number of hydrogen-bond acceptors (Lipinski definition) is 4. The summed E-state index contributed by atoms with van der Waals surface area (Å²) in [5.74, 6) is -1.16. The molecule has 34 heavy (non-hydrogen) atoms. The lowest BCUT2D eigenvalue weighted by atomic mass is 10.1. The minimum absolute atomic E-state index is 0.219. The number of imide groups is 2. The first-order valence-corrected chi connectivity index (χ1v) is 11.2.